The molecule has 0 fully saturated rings. The quantitative estimate of drug-likeness (QED) is 0.800. The van der Waals surface area contributed by atoms with Crippen molar-refractivity contribution in [3.63, 3.8) is 0 Å². The normalized spacial score (nSPS) is 10.9. The molecule has 3 rings (SSSR count). The lowest BCUT2D eigenvalue weighted by molar-refractivity contribution is 0.339. The van der Waals surface area contributed by atoms with Crippen LogP contribution in [0, 0.1) is 0 Å². The van der Waals surface area contributed by atoms with Gasteiger partial charge in [-0.05, 0) is 41.1 Å². The van der Waals surface area contributed by atoms with Crippen molar-refractivity contribution in [2.75, 3.05) is 12.3 Å². The van der Waals surface area contributed by atoms with Gasteiger partial charge in [0.05, 0.1) is 12.3 Å². The standard InChI is InChI=1S/C14H13BrN4O/c1-2-20-12-6-4-3-5-11(12)19-13-10(18-14(19)16)7-9(15)8-17-13/h3-8H,2H2,1H3,(H2,16,18). The highest BCUT2D eigenvalue weighted by Crippen LogP contribution is 2.29. The number of nitrogen functional groups attached to an aromatic ring is 1. The first-order valence-corrected chi connectivity index (χ1v) is 7.01. The van der Waals surface area contributed by atoms with Crippen molar-refractivity contribution < 1.29 is 4.74 Å². The fourth-order valence-corrected chi connectivity index (χ4v) is 2.43. The third-order valence-electron chi connectivity index (χ3n) is 2.90. The summed E-state index contributed by atoms with van der Waals surface area (Å²) in [5.74, 6) is 1.14. The Hall–Kier alpha value is -2.08. The number of imidazole rings is 1. The molecular formula is C14H13BrN4O. The summed E-state index contributed by atoms with van der Waals surface area (Å²) in [6, 6.07) is 9.59. The van der Waals surface area contributed by atoms with Crippen LogP contribution in [0.4, 0.5) is 5.95 Å². The minimum absolute atomic E-state index is 0.387. The Morgan fingerprint density at radius 1 is 1.35 bits per heavy atom. The average molecular weight is 333 g/mol. The Balaban J connectivity index is 2.27. The van der Waals surface area contributed by atoms with Crippen LogP contribution >= 0.6 is 15.9 Å². The Kier molecular flexibility index (Phi) is 3.31. The number of pyridine rings is 1. The molecule has 2 N–H and O–H groups in total. The van der Waals surface area contributed by atoms with E-state index in [9.17, 15) is 0 Å². The Labute approximate surface area is 124 Å². The van der Waals surface area contributed by atoms with E-state index in [2.05, 4.69) is 25.9 Å². The van der Waals surface area contributed by atoms with Gasteiger partial charge in [-0.15, -0.1) is 0 Å². The van der Waals surface area contributed by atoms with Gasteiger partial charge in [0, 0.05) is 10.7 Å². The molecule has 0 aliphatic heterocycles. The third kappa shape index (κ3) is 2.12. The number of fused-ring (bicyclic) bond motifs is 1. The highest BCUT2D eigenvalue weighted by atomic mass is 79.9. The second-order valence-corrected chi connectivity index (χ2v) is 5.12. The first-order chi connectivity index (χ1) is 9.70. The molecule has 2 heterocycles. The molecule has 3 aromatic rings. The molecule has 0 unspecified atom stereocenters. The van der Waals surface area contributed by atoms with Gasteiger partial charge in [0.15, 0.2) is 5.65 Å². The Morgan fingerprint density at radius 2 is 2.15 bits per heavy atom. The van der Waals surface area contributed by atoms with Gasteiger partial charge >= 0.3 is 0 Å². The van der Waals surface area contributed by atoms with Gasteiger partial charge < -0.3 is 10.5 Å². The first-order valence-electron chi connectivity index (χ1n) is 6.22. The monoisotopic (exact) mass is 332 g/mol. The van der Waals surface area contributed by atoms with Crippen molar-refractivity contribution in [1.29, 1.82) is 0 Å². The molecule has 5 nitrogen and oxygen atoms in total. The van der Waals surface area contributed by atoms with Gasteiger partial charge in [-0.25, -0.2) is 9.97 Å². The topological polar surface area (TPSA) is 66.0 Å². The van der Waals surface area contributed by atoms with E-state index in [1.54, 1.807) is 10.8 Å². The molecule has 2 aromatic heterocycles. The summed E-state index contributed by atoms with van der Waals surface area (Å²) < 4.78 is 8.31. The number of nitrogens with zero attached hydrogens (tertiary/aromatic N) is 3. The second-order valence-electron chi connectivity index (χ2n) is 4.20. The summed E-state index contributed by atoms with van der Waals surface area (Å²) in [6.07, 6.45) is 1.73. The van der Waals surface area contributed by atoms with Crippen molar-refractivity contribution in [2.45, 2.75) is 6.92 Å². The first kappa shape index (κ1) is 12.9. The molecule has 0 saturated carbocycles. The smallest absolute Gasteiger partial charge is 0.207 e. The SMILES string of the molecule is CCOc1ccccc1-n1c(N)nc2cc(Br)cnc21. The van der Waals surface area contributed by atoms with Crippen LogP contribution in [0.2, 0.25) is 0 Å². The van der Waals surface area contributed by atoms with Crippen molar-refractivity contribution >= 4 is 33.0 Å². The van der Waals surface area contributed by atoms with E-state index in [1.807, 2.05) is 37.3 Å². The predicted molar refractivity (Wildman–Crippen MR) is 82.1 cm³/mol. The van der Waals surface area contributed by atoms with Crippen LogP contribution in [0.15, 0.2) is 41.0 Å². The highest BCUT2D eigenvalue weighted by molar-refractivity contribution is 9.10. The van der Waals surface area contributed by atoms with Crippen LogP contribution in [-0.4, -0.2) is 21.1 Å². The second kappa shape index (κ2) is 5.13. The lowest BCUT2D eigenvalue weighted by atomic mass is 10.3. The van der Waals surface area contributed by atoms with E-state index in [1.165, 1.54) is 0 Å². The average Bonchev–Trinajstić information content (AvgIpc) is 2.75. The summed E-state index contributed by atoms with van der Waals surface area (Å²) in [6.45, 7) is 2.53. The van der Waals surface area contributed by atoms with Crippen LogP contribution in [-0.2, 0) is 0 Å². The molecule has 0 spiro atoms. The summed E-state index contributed by atoms with van der Waals surface area (Å²) in [5, 5.41) is 0. The minimum Gasteiger partial charge on any atom is -0.492 e. The van der Waals surface area contributed by atoms with Crippen LogP contribution in [0.1, 0.15) is 6.92 Å². The van der Waals surface area contributed by atoms with Crippen molar-refractivity contribution in [3.05, 3.63) is 41.0 Å². The highest BCUT2D eigenvalue weighted by Gasteiger charge is 2.14. The van der Waals surface area contributed by atoms with Gasteiger partial charge in [0.2, 0.25) is 5.95 Å². The van der Waals surface area contributed by atoms with Gasteiger partial charge in [-0.2, -0.15) is 0 Å². The molecule has 20 heavy (non-hydrogen) atoms. The van der Waals surface area contributed by atoms with Gasteiger partial charge in [0.1, 0.15) is 11.3 Å². The zero-order valence-corrected chi connectivity index (χ0v) is 12.5. The van der Waals surface area contributed by atoms with Crippen LogP contribution in [0.3, 0.4) is 0 Å². The van der Waals surface area contributed by atoms with E-state index in [-0.39, 0.29) is 0 Å². The number of ether oxygens (including phenoxy) is 1. The molecular weight excluding hydrogens is 320 g/mol. The molecule has 0 bridgehead atoms. The van der Waals surface area contributed by atoms with Gasteiger partial charge in [0.25, 0.3) is 0 Å². The zero-order chi connectivity index (χ0) is 14.1. The molecule has 6 heteroatoms. The molecule has 0 aliphatic carbocycles. The number of anilines is 1. The number of aromatic nitrogens is 3. The summed E-state index contributed by atoms with van der Waals surface area (Å²) in [7, 11) is 0. The number of benzene rings is 1. The lowest BCUT2D eigenvalue weighted by Crippen LogP contribution is -2.04. The lowest BCUT2D eigenvalue weighted by Gasteiger charge is -2.12. The maximum absolute atomic E-state index is 6.04. The van der Waals surface area contributed by atoms with Crippen molar-refractivity contribution in [2.24, 2.45) is 0 Å². The van der Waals surface area contributed by atoms with Crippen molar-refractivity contribution in [1.82, 2.24) is 14.5 Å². The predicted octanol–water partition coefficient (Wildman–Crippen LogP) is 3.16. The molecule has 102 valence electrons. The maximum atomic E-state index is 6.04. The minimum atomic E-state index is 0.387. The fourth-order valence-electron chi connectivity index (χ4n) is 2.11. The third-order valence-corrected chi connectivity index (χ3v) is 3.33. The van der Waals surface area contributed by atoms with Crippen molar-refractivity contribution in [3.8, 4) is 11.4 Å². The van der Waals surface area contributed by atoms with E-state index in [4.69, 9.17) is 10.5 Å². The number of para-hydroxylation sites is 2. The Bertz CT molecular complexity index is 769. The number of hydrogen-bond donors (Lipinski definition) is 1. The summed E-state index contributed by atoms with van der Waals surface area (Å²) in [5.41, 5.74) is 8.32. The largest absolute Gasteiger partial charge is 0.492 e. The molecule has 1 aromatic carbocycles. The molecule has 0 atom stereocenters. The molecule has 0 amide bonds. The fraction of sp³-hybridized carbons (Fsp3) is 0.143. The van der Waals surface area contributed by atoms with Crippen LogP contribution < -0.4 is 10.5 Å². The molecule has 0 aliphatic rings. The summed E-state index contributed by atoms with van der Waals surface area (Å²) in [4.78, 5) is 8.74. The van der Waals surface area contributed by atoms with Crippen LogP contribution in [0.5, 0.6) is 5.75 Å². The molecule has 0 radical (unpaired) electrons. The number of hydrogen-bond acceptors (Lipinski definition) is 4. The van der Waals surface area contributed by atoms with E-state index in [0.717, 1.165) is 21.4 Å². The van der Waals surface area contributed by atoms with Gasteiger partial charge in [-0.1, -0.05) is 12.1 Å². The van der Waals surface area contributed by atoms with Gasteiger partial charge in [-0.3, -0.25) is 4.57 Å². The number of nitrogens with two attached hydrogens (primary N) is 1. The summed E-state index contributed by atoms with van der Waals surface area (Å²) >= 11 is 3.38. The van der Waals surface area contributed by atoms with E-state index >= 15 is 0 Å². The Morgan fingerprint density at radius 3 is 2.95 bits per heavy atom. The van der Waals surface area contributed by atoms with Crippen LogP contribution in [0.25, 0.3) is 16.9 Å². The maximum Gasteiger partial charge on any atom is 0.207 e. The molecule has 0 saturated heterocycles. The number of halogens is 1. The zero-order valence-electron chi connectivity index (χ0n) is 10.9. The van der Waals surface area contributed by atoms with E-state index < -0.39 is 0 Å². The number of rotatable bonds is 3. The van der Waals surface area contributed by atoms with E-state index in [0.29, 0.717) is 18.2 Å².